The predicted octanol–water partition coefficient (Wildman–Crippen LogP) is 2.08. The molecule has 3 heterocycles. The van der Waals surface area contributed by atoms with Gasteiger partial charge in [-0.3, -0.25) is 14.0 Å². The van der Waals surface area contributed by atoms with E-state index in [2.05, 4.69) is 20.4 Å². The van der Waals surface area contributed by atoms with Gasteiger partial charge in [0.2, 0.25) is 5.91 Å². The molecule has 0 saturated heterocycles. The van der Waals surface area contributed by atoms with Crippen LogP contribution < -0.4 is 10.9 Å². The van der Waals surface area contributed by atoms with Crippen molar-refractivity contribution in [3.05, 3.63) is 52.6 Å². The van der Waals surface area contributed by atoms with E-state index in [0.717, 1.165) is 4.68 Å². The lowest BCUT2D eigenvalue weighted by Crippen LogP contribution is -2.32. The van der Waals surface area contributed by atoms with Crippen LogP contribution in [0.25, 0.3) is 5.52 Å². The fourth-order valence-electron chi connectivity index (χ4n) is 2.59. The quantitative estimate of drug-likeness (QED) is 0.753. The zero-order valence-electron chi connectivity index (χ0n) is 14.7. The van der Waals surface area contributed by atoms with E-state index < -0.39 is 17.6 Å². The monoisotopic (exact) mass is 358 g/mol. The molecule has 0 aromatic carbocycles. The first-order valence-electron chi connectivity index (χ1n) is 8.19. The van der Waals surface area contributed by atoms with Gasteiger partial charge in [-0.05, 0) is 19.1 Å². The Morgan fingerprint density at radius 1 is 1.35 bits per heavy atom. The Balaban J connectivity index is 1.99. The molecule has 1 atom stereocenters. The molecule has 26 heavy (non-hydrogen) atoms. The summed E-state index contributed by atoms with van der Waals surface area (Å²) in [6, 6.07) is 3.04. The van der Waals surface area contributed by atoms with E-state index in [-0.39, 0.29) is 18.0 Å². The van der Waals surface area contributed by atoms with Gasteiger partial charge in [0.05, 0.1) is 0 Å². The highest BCUT2D eigenvalue weighted by Crippen LogP contribution is 2.21. The van der Waals surface area contributed by atoms with Gasteiger partial charge >= 0.3 is 0 Å². The molecule has 0 spiro atoms. The summed E-state index contributed by atoms with van der Waals surface area (Å²) in [4.78, 5) is 32.6. The van der Waals surface area contributed by atoms with Crippen LogP contribution in [0.2, 0.25) is 0 Å². The van der Waals surface area contributed by atoms with Crippen molar-refractivity contribution in [1.82, 2.24) is 24.1 Å². The van der Waals surface area contributed by atoms with Crippen LogP contribution >= 0.6 is 0 Å². The Morgan fingerprint density at radius 2 is 2.12 bits per heavy atom. The molecule has 1 amide bonds. The topological polar surface area (TPSA) is 94.2 Å². The number of aromatic nitrogens is 5. The number of alkyl halides is 1. The van der Waals surface area contributed by atoms with E-state index in [1.54, 1.807) is 16.7 Å². The van der Waals surface area contributed by atoms with Crippen molar-refractivity contribution < 1.29 is 9.18 Å². The summed E-state index contributed by atoms with van der Waals surface area (Å²) in [7, 11) is 0. The molecule has 1 unspecified atom stereocenters. The number of nitrogens with one attached hydrogen (secondary N) is 1. The number of anilines is 1. The minimum Gasteiger partial charge on any atom is -0.309 e. The van der Waals surface area contributed by atoms with Crippen LogP contribution in [0, 0.1) is 0 Å². The molecule has 0 aliphatic heterocycles. The Hall–Kier alpha value is -3.10. The van der Waals surface area contributed by atoms with Crippen LogP contribution in [0.15, 0.2) is 35.6 Å². The lowest BCUT2D eigenvalue weighted by Gasteiger charge is -2.12. The van der Waals surface area contributed by atoms with Crippen molar-refractivity contribution in [2.45, 2.75) is 39.4 Å². The molecule has 136 valence electrons. The maximum Gasteiger partial charge on any atom is 0.291 e. The van der Waals surface area contributed by atoms with Crippen molar-refractivity contribution in [2.24, 2.45) is 0 Å². The number of hydrogen-bond acceptors (Lipinski definition) is 5. The average Bonchev–Trinajstić information content (AvgIpc) is 3.04. The van der Waals surface area contributed by atoms with Gasteiger partial charge in [0.25, 0.3) is 5.56 Å². The third-order valence-electron chi connectivity index (χ3n) is 3.88. The standard InChI is InChI=1S/C17H19FN6O2/c1-10(2)16-22-24(8-15(25)21-14-4-5-19-9-20-14)17(26)13-6-12(11(3)18)7-23(13)16/h4-7,9-11H,8H2,1-3H3,(H,19,20,21,25). The van der Waals surface area contributed by atoms with E-state index in [4.69, 9.17) is 0 Å². The minimum absolute atomic E-state index is 0.0237. The molecule has 1 N–H and O–H groups in total. The van der Waals surface area contributed by atoms with E-state index in [1.807, 2.05) is 13.8 Å². The molecular weight excluding hydrogens is 339 g/mol. The number of carbonyl (C=O) groups excluding carboxylic acids is 1. The Labute approximate surface area is 148 Å². The molecule has 3 aromatic rings. The Kier molecular flexibility index (Phi) is 4.79. The molecule has 0 saturated carbocycles. The predicted molar refractivity (Wildman–Crippen MR) is 93.7 cm³/mol. The van der Waals surface area contributed by atoms with Crippen molar-refractivity contribution in [1.29, 1.82) is 0 Å². The van der Waals surface area contributed by atoms with Crippen LogP contribution in [0.3, 0.4) is 0 Å². The molecule has 0 radical (unpaired) electrons. The Morgan fingerprint density at radius 3 is 2.73 bits per heavy atom. The van der Waals surface area contributed by atoms with Gasteiger partial charge in [0.1, 0.15) is 36.2 Å². The first-order valence-corrected chi connectivity index (χ1v) is 8.19. The van der Waals surface area contributed by atoms with Crippen molar-refractivity contribution in [3.63, 3.8) is 0 Å². The van der Waals surface area contributed by atoms with Crippen molar-refractivity contribution in [3.8, 4) is 0 Å². The zero-order valence-corrected chi connectivity index (χ0v) is 14.7. The number of amides is 1. The first kappa shape index (κ1) is 17.7. The van der Waals surface area contributed by atoms with E-state index in [1.165, 1.54) is 25.5 Å². The van der Waals surface area contributed by atoms with Gasteiger partial charge in [0.15, 0.2) is 0 Å². The van der Waals surface area contributed by atoms with E-state index >= 15 is 0 Å². The van der Waals surface area contributed by atoms with Gasteiger partial charge in [-0.2, -0.15) is 5.10 Å². The average molecular weight is 358 g/mol. The number of fused-ring (bicyclic) bond motifs is 1. The summed E-state index contributed by atoms with van der Waals surface area (Å²) >= 11 is 0. The molecule has 8 nitrogen and oxygen atoms in total. The van der Waals surface area contributed by atoms with E-state index in [9.17, 15) is 14.0 Å². The lowest BCUT2D eigenvalue weighted by molar-refractivity contribution is -0.117. The largest absolute Gasteiger partial charge is 0.309 e. The highest BCUT2D eigenvalue weighted by atomic mass is 19.1. The lowest BCUT2D eigenvalue weighted by atomic mass is 10.2. The maximum absolute atomic E-state index is 13.7. The molecule has 0 bridgehead atoms. The summed E-state index contributed by atoms with van der Waals surface area (Å²) < 4.78 is 16.4. The van der Waals surface area contributed by atoms with E-state index in [0.29, 0.717) is 17.2 Å². The number of hydrogen-bond donors (Lipinski definition) is 1. The third-order valence-corrected chi connectivity index (χ3v) is 3.88. The van der Waals surface area contributed by atoms with Crippen LogP contribution in [0.4, 0.5) is 10.2 Å². The first-order chi connectivity index (χ1) is 12.4. The van der Waals surface area contributed by atoms with Crippen molar-refractivity contribution in [2.75, 3.05) is 5.32 Å². The summed E-state index contributed by atoms with van der Waals surface area (Å²) in [6.45, 7) is 4.96. The molecule has 0 fully saturated rings. The number of halogens is 1. The van der Waals surface area contributed by atoms with Gasteiger partial charge in [0, 0.05) is 23.9 Å². The molecular formula is C17H19FN6O2. The smallest absolute Gasteiger partial charge is 0.291 e. The zero-order chi connectivity index (χ0) is 18.8. The summed E-state index contributed by atoms with van der Waals surface area (Å²) in [6.07, 6.45) is 3.18. The fourth-order valence-corrected chi connectivity index (χ4v) is 2.59. The van der Waals surface area contributed by atoms with Gasteiger partial charge in [-0.1, -0.05) is 13.8 Å². The molecule has 3 rings (SSSR count). The molecule has 0 aliphatic rings. The van der Waals surface area contributed by atoms with Gasteiger partial charge < -0.3 is 5.32 Å². The molecule has 3 aromatic heterocycles. The highest BCUT2D eigenvalue weighted by molar-refractivity contribution is 5.89. The second-order valence-electron chi connectivity index (χ2n) is 6.26. The van der Waals surface area contributed by atoms with Crippen LogP contribution in [0.5, 0.6) is 0 Å². The summed E-state index contributed by atoms with van der Waals surface area (Å²) in [5, 5.41) is 6.89. The second kappa shape index (κ2) is 7.03. The van der Waals surface area contributed by atoms with Crippen LogP contribution in [-0.2, 0) is 11.3 Å². The third kappa shape index (κ3) is 3.46. The summed E-state index contributed by atoms with van der Waals surface area (Å²) in [5.74, 6) is 0.438. The number of nitrogens with zero attached hydrogens (tertiary/aromatic N) is 5. The maximum atomic E-state index is 13.7. The van der Waals surface area contributed by atoms with Crippen molar-refractivity contribution >= 4 is 17.2 Å². The Bertz CT molecular complexity index is 994. The number of rotatable bonds is 5. The van der Waals surface area contributed by atoms with Crippen LogP contribution in [-0.4, -0.2) is 30.1 Å². The minimum atomic E-state index is -1.20. The number of carbonyl (C=O) groups is 1. The SMILES string of the molecule is CC(C)c1nn(CC(=O)Nc2ccncn2)c(=O)c2cc(C(C)F)cn12. The normalized spacial score (nSPS) is 12.5. The van der Waals surface area contributed by atoms with Gasteiger partial charge in [-0.15, -0.1) is 0 Å². The second-order valence-corrected chi connectivity index (χ2v) is 6.26. The van der Waals surface area contributed by atoms with Gasteiger partial charge in [-0.25, -0.2) is 19.0 Å². The molecule has 0 aliphatic carbocycles. The molecule has 9 heteroatoms. The van der Waals surface area contributed by atoms with Crippen LogP contribution in [0.1, 0.15) is 44.2 Å². The fraction of sp³-hybridized carbons (Fsp3) is 0.353. The summed E-state index contributed by atoms with van der Waals surface area (Å²) in [5.41, 5.74) is 0.228. The highest BCUT2D eigenvalue weighted by Gasteiger charge is 2.18.